The van der Waals surface area contributed by atoms with Crippen molar-refractivity contribution in [1.29, 1.82) is 0 Å². The minimum Gasteiger partial charge on any atom is -0.357 e. The van der Waals surface area contributed by atoms with Gasteiger partial charge >= 0.3 is 0 Å². The maximum Gasteiger partial charge on any atom is 0.261 e. The number of carbonyl (C=O) groups excluding carboxylic acids is 5. The molecule has 0 fully saturated rings. The SMILES string of the molecule is CNC(=O)[C@H](Cc1ccccc1)NC(=O)C(CC(C)C)NC(=O)C(S)CCN1C(=O)c2ccccc2C1=O. The van der Waals surface area contributed by atoms with Gasteiger partial charge in [-0.1, -0.05) is 56.3 Å². The standard InChI is InChI=1S/C28H34N4O5S/c1-17(2)15-21(25(34)30-22(24(33)29-3)16-18-9-5-4-6-10-18)31-26(35)23(38)13-14-32-27(36)19-11-7-8-12-20(19)28(32)37/h4-12,17,21-23,38H,13-16H2,1-3H3,(H,29,33)(H,30,34)(H,31,35)/t21?,22-,23?/m0/s1. The first-order valence-electron chi connectivity index (χ1n) is 12.6. The van der Waals surface area contributed by atoms with Crippen molar-refractivity contribution < 1.29 is 24.0 Å². The van der Waals surface area contributed by atoms with Crippen molar-refractivity contribution in [3.8, 4) is 0 Å². The van der Waals surface area contributed by atoms with Crippen LogP contribution in [-0.2, 0) is 20.8 Å². The molecule has 0 saturated heterocycles. The van der Waals surface area contributed by atoms with Crippen LogP contribution in [0.3, 0.4) is 0 Å². The van der Waals surface area contributed by atoms with Gasteiger partial charge in [0.15, 0.2) is 0 Å². The highest BCUT2D eigenvalue weighted by molar-refractivity contribution is 7.81. The Hall–Kier alpha value is -3.66. The summed E-state index contributed by atoms with van der Waals surface area (Å²) in [6, 6.07) is 14.2. The molecule has 1 aliphatic rings. The molecule has 5 amide bonds. The molecular weight excluding hydrogens is 504 g/mol. The number of nitrogens with zero attached hydrogens (tertiary/aromatic N) is 1. The Balaban J connectivity index is 1.62. The molecule has 2 aromatic rings. The molecule has 0 aromatic heterocycles. The molecule has 0 saturated carbocycles. The van der Waals surface area contributed by atoms with E-state index in [1.165, 1.54) is 7.05 Å². The fourth-order valence-electron chi connectivity index (χ4n) is 4.30. The molecule has 0 bridgehead atoms. The van der Waals surface area contributed by atoms with Gasteiger partial charge in [0.2, 0.25) is 17.7 Å². The van der Waals surface area contributed by atoms with Gasteiger partial charge in [0.1, 0.15) is 12.1 Å². The molecule has 1 heterocycles. The zero-order chi connectivity index (χ0) is 27.8. The summed E-state index contributed by atoms with van der Waals surface area (Å²) in [4.78, 5) is 64.9. The number of rotatable bonds is 12. The van der Waals surface area contributed by atoms with E-state index in [1.54, 1.807) is 24.3 Å². The Morgan fingerprint density at radius 3 is 1.92 bits per heavy atom. The second kappa shape index (κ2) is 13.2. The first-order valence-corrected chi connectivity index (χ1v) is 13.1. The Kier molecular flexibility index (Phi) is 10.1. The van der Waals surface area contributed by atoms with E-state index in [4.69, 9.17) is 0 Å². The van der Waals surface area contributed by atoms with E-state index in [-0.39, 0.29) is 24.8 Å². The van der Waals surface area contributed by atoms with E-state index in [2.05, 4.69) is 28.6 Å². The molecule has 3 rings (SSSR count). The van der Waals surface area contributed by atoms with Crippen LogP contribution >= 0.6 is 12.6 Å². The van der Waals surface area contributed by atoms with Gasteiger partial charge in [0, 0.05) is 20.0 Å². The van der Waals surface area contributed by atoms with Gasteiger partial charge in [0.05, 0.1) is 16.4 Å². The van der Waals surface area contributed by atoms with Crippen molar-refractivity contribution in [2.45, 2.75) is 50.4 Å². The van der Waals surface area contributed by atoms with Crippen LogP contribution in [0, 0.1) is 5.92 Å². The van der Waals surface area contributed by atoms with E-state index in [0.717, 1.165) is 10.5 Å². The van der Waals surface area contributed by atoms with Crippen LogP contribution in [0.2, 0.25) is 0 Å². The number of hydrogen-bond donors (Lipinski definition) is 4. The zero-order valence-electron chi connectivity index (χ0n) is 21.8. The predicted molar refractivity (Wildman–Crippen MR) is 147 cm³/mol. The molecule has 10 heteroatoms. The van der Waals surface area contributed by atoms with Crippen molar-refractivity contribution in [3.63, 3.8) is 0 Å². The van der Waals surface area contributed by atoms with Crippen LogP contribution in [0.5, 0.6) is 0 Å². The van der Waals surface area contributed by atoms with Crippen molar-refractivity contribution in [3.05, 3.63) is 71.3 Å². The molecule has 0 spiro atoms. The van der Waals surface area contributed by atoms with Crippen LogP contribution in [0.15, 0.2) is 54.6 Å². The van der Waals surface area contributed by atoms with Gasteiger partial charge in [-0.15, -0.1) is 0 Å². The Morgan fingerprint density at radius 2 is 1.37 bits per heavy atom. The van der Waals surface area contributed by atoms with Crippen LogP contribution in [0.4, 0.5) is 0 Å². The number of nitrogens with one attached hydrogen (secondary N) is 3. The van der Waals surface area contributed by atoms with Gasteiger partial charge < -0.3 is 16.0 Å². The summed E-state index contributed by atoms with van der Waals surface area (Å²) in [7, 11) is 1.50. The zero-order valence-corrected chi connectivity index (χ0v) is 22.7. The van der Waals surface area contributed by atoms with Crippen molar-refractivity contribution in [1.82, 2.24) is 20.9 Å². The average Bonchev–Trinajstić information content (AvgIpc) is 3.15. The van der Waals surface area contributed by atoms with Crippen molar-refractivity contribution in [2.75, 3.05) is 13.6 Å². The van der Waals surface area contributed by atoms with Gasteiger partial charge in [0.25, 0.3) is 11.8 Å². The summed E-state index contributed by atoms with van der Waals surface area (Å²) >= 11 is 4.38. The van der Waals surface area contributed by atoms with E-state index >= 15 is 0 Å². The molecule has 0 radical (unpaired) electrons. The second-order valence-electron chi connectivity index (χ2n) is 9.67. The van der Waals surface area contributed by atoms with E-state index in [0.29, 0.717) is 24.0 Å². The van der Waals surface area contributed by atoms with Crippen LogP contribution < -0.4 is 16.0 Å². The quantitative estimate of drug-likeness (QED) is 0.243. The van der Waals surface area contributed by atoms with E-state index < -0.39 is 41.0 Å². The summed E-state index contributed by atoms with van der Waals surface area (Å²) in [6.45, 7) is 3.87. The molecule has 202 valence electrons. The average molecular weight is 539 g/mol. The summed E-state index contributed by atoms with van der Waals surface area (Å²) in [6.07, 6.45) is 0.762. The molecule has 3 N–H and O–H groups in total. The first-order chi connectivity index (χ1) is 18.1. The maximum atomic E-state index is 13.2. The molecule has 3 atom stereocenters. The molecule has 1 aliphatic heterocycles. The maximum absolute atomic E-state index is 13.2. The Bertz CT molecular complexity index is 1150. The topological polar surface area (TPSA) is 125 Å². The summed E-state index contributed by atoms with van der Waals surface area (Å²) in [5, 5.41) is 7.23. The molecule has 9 nitrogen and oxygen atoms in total. The minimum atomic E-state index is -0.889. The number of benzene rings is 2. The van der Waals surface area contributed by atoms with Gasteiger partial charge in [-0.3, -0.25) is 28.9 Å². The largest absolute Gasteiger partial charge is 0.357 e. The Labute approximate surface area is 228 Å². The first kappa shape index (κ1) is 28.9. The van der Waals surface area contributed by atoms with Gasteiger partial charge in [-0.05, 0) is 36.5 Å². The number of likely N-dealkylation sites (N-methyl/N-ethyl adjacent to an activating group) is 1. The lowest BCUT2D eigenvalue weighted by atomic mass is 10.0. The van der Waals surface area contributed by atoms with Crippen molar-refractivity contribution in [2.24, 2.45) is 5.92 Å². The van der Waals surface area contributed by atoms with Crippen LogP contribution in [0.25, 0.3) is 0 Å². The predicted octanol–water partition coefficient (Wildman–Crippen LogP) is 1.98. The lowest BCUT2D eigenvalue weighted by molar-refractivity contribution is -0.132. The summed E-state index contributed by atoms with van der Waals surface area (Å²) in [5.41, 5.74) is 1.56. The lowest BCUT2D eigenvalue weighted by Crippen LogP contribution is -2.55. The summed E-state index contributed by atoms with van der Waals surface area (Å²) in [5.74, 6) is -2.03. The minimum absolute atomic E-state index is 0.0186. The van der Waals surface area contributed by atoms with Gasteiger partial charge in [-0.25, -0.2) is 0 Å². The number of carbonyl (C=O) groups is 5. The molecule has 2 unspecified atom stereocenters. The van der Waals surface area contributed by atoms with Crippen LogP contribution in [-0.4, -0.2) is 65.4 Å². The molecule has 2 aromatic carbocycles. The number of fused-ring (bicyclic) bond motifs is 1. The molecular formula is C28H34N4O5S. The van der Waals surface area contributed by atoms with E-state index in [1.807, 2.05) is 44.2 Å². The third-order valence-corrected chi connectivity index (χ3v) is 6.80. The molecule has 0 aliphatic carbocycles. The summed E-state index contributed by atoms with van der Waals surface area (Å²) < 4.78 is 0. The number of hydrogen-bond acceptors (Lipinski definition) is 6. The lowest BCUT2D eigenvalue weighted by Gasteiger charge is -2.25. The highest BCUT2D eigenvalue weighted by Gasteiger charge is 2.35. The number of thiol groups is 1. The third kappa shape index (κ3) is 7.22. The highest BCUT2D eigenvalue weighted by Crippen LogP contribution is 2.23. The fraction of sp³-hybridized carbons (Fsp3) is 0.393. The van der Waals surface area contributed by atoms with Crippen LogP contribution in [0.1, 0.15) is 53.0 Å². The number of imide groups is 1. The smallest absolute Gasteiger partial charge is 0.261 e. The Morgan fingerprint density at radius 1 is 0.816 bits per heavy atom. The fourth-order valence-corrected chi connectivity index (χ4v) is 4.49. The third-order valence-electron chi connectivity index (χ3n) is 6.31. The monoisotopic (exact) mass is 538 g/mol. The van der Waals surface area contributed by atoms with E-state index in [9.17, 15) is 24.0 Å². The van der Waals surface area contributed by atoms with Gasteiger partial charge in [-0.2, -0.15) is 12.6 Å². The normalized spacial score (nSPS) is 15.0. The second-order valence-corrected chi connectivity index (χ2v) is 10.3. The number of amides is 5. The molecule has 38 heavy (non-hydrogen) atoms. The van der Waals surface area contributed by atoms with Crippen molar-refractivity contribution >= 4 is 42.2 Å². The highest BCUT2D eigenvalue weighted by atomic mass is 32.1.